The van der Waals surface area contributed by atoms with Gasteiger partial charge in [0, 0.05) is 7.11 Å². The van der Waals surface area contributed by atoms with Gasteiger partial charge in [-0.1, -0.05) is 30.3 Å². The summed E-state index contributed by atoms with van der Waals surface area (Å²) in [5.41, 5.74) is 2.67. The van der Waals surface area contributed by atoms with Gasteiger partial charge in [0.15, 0.2) is 5.17 Å². The van der Waals surface area contributed by atoms with Crippen LogP contribution in [0.2, 0.25) is 0 Å². The van der Waals surface area contributed by atoms with Crippen LogP contribution in [0.3, 0.4) is 0 Å². The van der Waals surface area contributed by atoms with Gasteiger partial charge < -0.3 is 14.2 Å². The van der Waals surface area contributed by atoms with Crippen molar-refractivity contribution in [3.05, 3.63) is 91.7 Å². The zero-order valence-electron chi connectivity index (χ0n) is 19.7. The number of halogens is 2. The highest BCUT2D eigenvalue weighted by Gasteiger charge is 2.33. The highest BCUT2D eigenvalue weighted by molar-refractivity contribution is 9.11. The summed E-state index contributed by atoms with van der Waals surface area (Å²) in [7, 11) is 3.23. The fraction of sp³-hybridized carbons (Fsp3) is 0.185. The third kappa shape index (κ3) is 6.59. The third-order valence-electron chi connectivity index (χ3n) is 5.25. The summed E-state index contributed by atoms with van der Waals surface area (Å²) in [6.45, 7) is 1.27. The Kier molecular flexibility index (Phi) is 9.25. The molecule has 0 bridgehead atoms. The molecule has 186 valence electrons. The number of thioether (sulfide) groups is 1. The Labute approximate surface area is 231 Å². The van der Waals surface area contributed by atoms with Gasteiger partial charge in [-0.3, -0.25) is 9.69 Å². The minimum atomic E-state index is -0.110. The van der Waals surface area contributed by atoms with Gasteiger partial charge in [-0.2, -0.15) is 0 Å². The van der Waals surface area contributed by atoms with E-state index in [9.17, 15) is 4.79 Å². The van der Waals surface area contributed by atoms with E-state index in [0.717, 1.165) is 31.5 Å². The normalized spacial score (nSPS) is 15.7. The fourth-order valence-corrected chi connectivity index (χ4v) is 5.90. The fourth-order valence-electron chi connectivity index (χ4n) is 3.42. The summed E-state index contributed by atoms with van der Waals surface area (Å²) in [5.74, 6) is 1.34. The third-order valence-corrected chi connectivity index (χ3v) is 7.43. The lowest BCUT2D eigenvalue weighted by Gasteiger charge is -2.14. The Morgan fingerprint density at radius 1 is 1.00 bits per heavy atom. The van der Waals surface area contributed by atoms with Gasteiger partial charge in [0.2, 0.25) is 0 Å². The van der Waals surface area contributed by atoms with Crippen LogP contribution in [-0.4, -0.2) is 43.3 Å². The molecule has 0 radical (unpaired) electrons. The van der Waals surface area contributed by atoms with Crippen LogP contribution in [0.25, 0.3) is 6.08 Å². The van der Waals surface area contributed by atoms with Gasteiger partial charge in [0.1, 0.15) is 18.1 Å². The lowest BCUT2D eigenvalue weighted by molar-refractivity contribution is -0.122. The first kappa shape index (κ1) is 26.5. The number of rotatable bonds is 9. The van der Waals surface area contributed by atoms with Gasteiger partial charge in [-0.15, -0.1) is 0 Å². The first-order chi connectivity index (χ1) is 17.5. The molecule has 1 aliphatic rings. The average molecular weight is 632 g/mol. The van der Waals surface area contributed by atoms with Crippen molar-refractivity contribution < 1.29 is 19.0 Å². The van der Waals surface area contributed by atoms with E-state index in [1.54, 1.807) is 19.1 Å². The lowest BCUT2D eigenvalue weighted by atomic mass is 10.2. The first-order valence-corrected chi connectivity index (χ1v) is 13.5. The Hall–Kier alpha value is -2.59. The van der Waals surface area contributed by atoms with E-state index in [2.05, 4.69) is 31.9 Å². The summed E-state index contributed by atoms with van der Waals surface area (Å²) >= 11 is 8.57. The maximum atomic E-state index is 13.2. The van der Waals surface area contributed by atoms with E-state index in [0.29, 0.717) is 35.6 Å². The number of carbonyl (C=O) groups excluding carboxylic acids is 1. The molecule has 0 saturated carbocycles. The Bertz CT molecular complexity index is 1260. The van der Waals surface area contributed by atoms with Crippen LogP contribution in [0.4, 0.5) is 5.69 Å². The summed E-state index contributed by atoms with van der Waals surface area (Å²) < 4.78 is 18.0. The van der Waals surface area contributed by atoms with Crippen molar-refractivity contribution in [2.24, 2.45) is 4.99 Å². The molecule has 9 heteroatoms. The molecule has 1 aliphatic heterocycles. The number of amides is 1. The molecule has 0 aromatic heterocycles. The summed E-state index contributed by atoms with van der Waals surface area (Å²) in [5, 5.41) is 0.606. The van der Waals surface area contributed by atoms with Crippen molar-refractivity contribution in [1.29, 1.82) is 0 Å². The van der Waals surface area contributed by atoms with Crippen LogP contribution in [0, 0.1) is 0 Å². The minimum absolute atomic E-state index is 0.110. The van der Waals surface area contributed by atoms with Gasteiger partial charge in [-0.05, 0) is 97.2 Å². The predicted molar refractivity (Wildman–Crippen MR) is 152 cm³/mol. The van der Waals surface area contributed by atoms with E-state index in [-0.39, 0.29) is 5.91 Å². The van der Waals surface area contributed by atoms with Crippen molar-refractivity contribution in [3.8, 4) is 11.5 Å². The molecule has 4 rings (SSSR count). The highest BCUT2D eigenvalue weighted by Crippen LogP contribution is 2.38. The SMILES string of the molecule is COCCN1C(=O)/C(=C/c2cc(Br)c(OCc3ccccc3)c(Br)c2)SC1=Nc1ccc(OC)cc1. The Balaban J connectivity index is 1.57. The molecule has 0 N–H and O–H groups in total. The summed E-state index contributed by atoms with van der Waals surface area (Å²) in [6.07, 6.45) is 1.86. The second kappa shape index (κ2) is 12.6. The molecule has 1 amide bonds. The zero-order chi connectivity index (χ0) is 25.5. The molecule has 0 unspecified atom stereocenters. The first-order valence-electron chi connectivity index (χ1n) is 11.1. The second-order valence-electron chi connectivity index (χ2n) is 7.74. The topological polar surface area (TPSA) is 60.4 Å². The summed E-state index contributed by atoms with van der Waals surface area (Å²) in [4.78, 5) is 20.2. The number of nitrogens with zero attached hydrogens (tertiary/aromatic N) is 2. The molecule has 1 fully saturated rings. The molecule has 6 nitrogen and oxygen atoms in total. The largest absolute Gasteiger partial charge is 0.497 e. The van der Waals surface area contributed by atoms with E-state index >= 15 is 0 Å². The Morgan fingerprint density at radius 2 is 1.69 bits per heavy atom. The maximum Gasteiger partial charge on any atom is 0.266 e. The lowest BCUT2D eigenvalue weighted by Crippen LogP contribution is -2.32. The highest BCUT2D eigenvalue weighted by atomic mass is 79.9. The van der Waals surface area contributed by atoms with Crippen molar-refractivity contribution in [2.75, 3.05) is 27.4 Å². The number of amidine groups is 1. The van der Waals surface area contributed by atoms with E-state index < -0.39 is 0 Å². The van der Waals surface area contributed by atoms with Crippen molar-refractivity contribution in [3.63, 3.8) is 0 Å². The van der Waals surface area contributed by atoms with Gasteiger partial charge in [-0.25, -0.2) is 4.99 Å². The number of carbonyl (C=O) groups is 1. The van der Waals surface area contributed by atoms with Crippen molar-refractivity contribution in [2.45, 2.75) is 6.61 Å². The van der Waals surface area contributed by atoms with E-state index in [4.69, 9.17) is 19.2 Å². The second-order valence-corrected chi connectivity index (χ2v) is 10.5. The molecule has 1 saturated heterocycles. The average Bonchev–Trinajstić information content (AvgIpc) is 3.16. The van der Waals surface area contributed by atoms with E-state index in [1.807, 2.05) is 72.8 Å². The maximum absolute atomic E-state index is 13.2. The van der Waals surface area contributed by atoms with Crippen LogP contribution in [0.5, 0.6) is 11.5 Å². The molecule has 36 heavy (non-hydrogen) atoms. The monoisotopic (exact) mass is 630 g/mol. The molecule has 3 aromatic rings. The minimum Gasteiger partial charge on any atom is -0.497 e. The van der Waals surface area contributed by atoms with Crippen molar-refractivity contribution in [1.82, 2.24) is 4.90 Å². The smallest absolute Gasteiger partial charge is 0.266 e. The van der Waals surface area contributed by atoms with Crippen LogP contribution < -0.4 is 9.47 Å². The zero-order valence-corrected chi connectivity index (χ0v) is 23.7. The van der Waals surface area contributed by atoms with Crippen LogP contribution in [0.1, 0.15) is 11.1 Å². The molecule has 1 heterocycles. The van der Waals surface area contributed by atoms with Gasteiger partial charge in [0.05, 0.1) is 39.8 Å². The van der Waals surface area contributed by atoms with Crippen LogP contribution in [0.15, 0.2) is 85.6 Å². The van der Waals surface area contributed by atoms with Crippen molar-refractivity contribution >= 4 is 66.5 Å². The number of methoxy groups -OCH3 is 2. The summed E-state index contributed by atoms with van der Waals surface area (Å²) in [6, 6.07) is 21.2. The molecular weight excluding hydrogens is 608 g/mol. The number of aliphatic imine (C=N–C) groups is 1. The van der Waals surface area contributed by atoms with Crippen LogP contribution >= 0.6 is 43.6 Å². The van der Waals surface area contributed by atoms with Gasteiger partial charge >= 0.3 is 0 Å². The molecular formula is C27H24Br2N2O4S. The number of hydrogen-bond donors (Lipinski definition) is 0. The standard InChI is InChI=1S/C27H24Br2N2O4S/c1-33-13-12-31-26(32)24(36-27(31)30-20-8-10-21(34-2)11-9-20)16-19-14-22(28)25(23(29)15-19)35-17-18-6-4-3-5-7-18/h3-11,14-16H,12-13,17H2,1-2H3/b24-16-,30-27?. The number of benzene rings is 3. The molecule has 3 aromatic carbocycles. The van der Waals surface area contributed by atoms with E-state index in [1.165, 1.54) is 11.8 Å². The van der Waals surface area contributed by atoms with Gasteiger partial charge in [0.25, 0.3) is 5.91 Å². The molecule has 0 atom stereocenters. The molecule has 0 aliphatic carbocycles. The quantitative estimate of drug-likeness (QED) is 0.237. The predicted octanol–water partition coefficient (Wildman–Crippen LogP) is 7.05. The van der Waals surface area contributed by atoms with Crippen LogP contribution in [-0.2, 0) is 16.1 Å². The molecule has 0 spiro atoms. The number of ether oxygens (including phenoxy) is 3. The number of hydrogen-bond acceptors (Lipinski definition) is 6. The Morgan fingerprint density at radius 3 is 2.33 bits per heavy atom.